The lowest BCUT2D eigenvalue weighted by Gasteiger charge is -2.14. The molecule has 0 saturated carbocycles. The molecule has 2 rings (SSSR count). The van der Waals surface area contributed by atoms with Crippen LogP contribution < -0.4 is 16.0 Å². The molecular formula is C13H20N8. The minimum Gasteiger partial charge on any atom is -0.384 e. The summed E-state index contributed by atoms with van der Waals surface area (Å²) < 4.78 is 0. The number of nitrogens with one attached hydrogen (secondary N) is 1. The van der Waals surface area contributed by atoms with Crippen molar-refractivity contribution >= 4 is 17.7 Å². The van der Waals surface area contributed by atoms with E-state index in [-0.39, 0.29) is 5.92 Å². The molecule has 2 aromatic rings. The number of aromatic nitrogens is 5. The van der Waals surface area contributed by atoms with E-state index in [0.29, 0.717) is 30.1 Å². The maximum Gasteiger partial charge on any atom is 0.229 e. The molecule has 112 valence electrons. The van der Waals surface area contributed by atoms with Crippen LogP contribution in [0.3, 0.4) is 0 Å². The highest BCUT2D eigenvalue weighted by Crippen LogP contribution is 2.15. The second kappa shape index (κ2) is 6.29. The van der Waals surface area contributed by atoms with Gasteiger partial charge in [-0.25, -0.2) is 9.97 Å². The van der Waals surface area contributed by atoms with Gasteiger partial charge in [0, 0.05) is 26.2 Å². The molecule has 0 aliphatic rings. The van der Waals surface area contributed by atoms with Crippen LogP contribution >= 0.6 is 0 Å². The van der Waals surface area contributed by atoms with Crippen molar-refractivity contribution in [1.82, 2.24) is 24.9 Å². The molecule has 0 spiro atoms. The maximum atomic E-state index is 5.63. The van der Waals surface area contributed by atoms with Crippen LogP contribution in [0.4, 0.5) is 17.7 Å². The normalized spacial score (nSPS) is 10.7. The summed E-state index contributed by atoms with van der Waals surface area (Å²) in [7, 11) is 3.79. The first-order valence-corrected chi connectivity index (χ1v) is 6.70. The first-order valence-electron chi connectivity index (χ1n) is 6.70. The van der Waals surface area contributed by atoms with Crippen molar-refractivity contribution in [3.05, 3.63) is 23.9 Å². The molecule has 0 unspecified atom stereocenters. The van der Waals surface area contributed by atoms with Gasteiger partial charge in [-0.15, -0.1) is 0 Å². The Morgan fingerprint density at radius 1 is 1.19 bits per heavy atom. The molecule has 0 aliphatic carbocycles. The van der Waals surface area contributed by atoms with Crippen molar-refractivity contribution in [2.75, 3.05) is 30.0 Å². The van der Waals surface area contributed by atoms with Gasteiger partial charge in [0.05, 0.1) is 6.54 Å². The highest BCUT2D eigenvalue weighted by molar-refractivity contribution is 5.36. The van der Waals surface area contributed by atoms with E-state index >= 15 is 0 Å². The quantitative estimate of drug-likeness (QED) is 0.840. The summed E-state index contributed by atoms with van der Waals surface area (Å²) in [6.07, 6.45) is 1.62. The third kappa shape index (κ3) is 3.98. The molecule has 0 atom stereocenters. The SMILES string of the molecule is CC(C)c1nc(NCc2nccc(N)n2)nc(N(C)C)n1. The lowest BCUT2D eigenvalue weighted by atomic mass is 10.2. The largest absolute Gasteiger partial charge is 0.384 e. The molecule has 0 bridgehead atoms. The van der Waals surface area contributed by atoms with Crippen LogP contribution in [0.5, 0.6) is 0 Å². The van der Waals surface area contributed by atoms with E-state index in [1.54, 1.807) is 12.3 Å². The summed E-state index contributed by atoms with van der Waals surface area (Å²) >= 11 is 0. The zero-order valence-corrected chi connectivity index (χ0v) is 12.7. The molecule has 0 fully saturated rings. The molecule has 21 heavy (non-hydrogen) atoms. The first kappa shape index (κ1) is 14.9. The fraction of sp³-hybridized carbons (Fsp3) is 0.462. The third-order valence-corrected chi connectivity index (χ3v) is 2.69. The van der Waals surface area contributed by atoms with Crippen molar-refractivity contribution in [3.8, 4) is 0 Å². The molecule has 3 N–H and O–H groups in total. The van der Waals surface area contributed by atoms with Crippen LogP contribution in [0.15, 0.2) is 12.3 Å². The van der Waals surface area contributed by atoms with Gasteiger partial charge >= 0.3 is 0 Å². The summed E-state index contributed by atoms with van der Waals surface area (Å²) in [5.74, 6) is 3.11. The minimum absolute atomic E-state index is 0.218. The highest BCUT2D eigenvalue weighted by atomic mass is 15.3. The molecule has 0 aliphatic heterocycles. The van der Waals surface area contributed by atoms with E-state index in [0.717, 1.165) is 5.82 Å². The van der Waals surface area contributed by atoms with E-state index in [4.69, 9.17) is 5.73 Å². The topological polar surface area (TPSA) is 106 Å². The lowest BCUT2D eigenvalue weighted by molar-refractivity contribution is 0.753. The summed E-state index contributed by atoms with van der Waals surface area (Å²) in [6, 6.07) is 1.65. The van der Waals surface area contributed by atoms with Gasteiger partial charge in [0.15, 0.2) is 0 Å². The second-order valence-electron chi connectivity index (χ2n) is 5.12. The van der Waals surface area contributed by atoms with E-state index in [2.05, 4.69) is 30.2 Å². The van der Waals surface area contributed by atoms with Gasteiger partial charge < -0.3 is 16.0 Å². The molecule has 2 aromatic heterocycles. The molecule has 0 radical (unpaired) electrons. The van der Waals surface area contributed by atoms with Crippen LogP contribution in [0.25, 0.3) is 0 Å². The Labute approximate surface area is 123 Å². The number of anilines is 3. The van der Waals surface area contributed by atoms with Crippen LogP contribution in [-0.4, -0.2) is 39.0 Å². The monoisotopic (exact) mass is 288 g/mol. The number of hydrogen-bond donors (Lipinski definition) is 2. The Morgan fingerprint density at radius 2 is 1.95 bits per heavy atom. The van der Waals surface area contributed by atoms with Gasteiger partial charge in [0.1, 0.15) is 17.5 Å². The van der Waals surface area contributed by atoms with Crippen molar-refractivity contribution in [2.45, 2.75) is 26.3 Å². The Kier molecular flexibility index (Phi) is 4.46. The van der Waals surface area contributed by atoms with Crippen LogP contribution in [0.1, 0.15) is 31.4 Å². The van der Waals surface area contributed by atoms with Crippen molar-refractivity contribution in [2.24, 2.45) is 0 Å². The van der Waals surface area contributed by atoms with Gasteiger partial charge in [-0.2, -0.15) is 15.0 Å². The number of rotatable bonds is 5. The molecular weight excluding hydrogens is 268 g/mol. The van der Waals surface area contributed by atoms with E-state index in [1.165, 1.54) is 0 Å². The van der Waals surface area contributed by atoms with E-state index in [9.17, 15) is 0 Å². The molecule has 0 aromatic carbocycles. The van der Waals surface area contributed by atoms with Gasteiger partial charge in [0.25, 0.3) is 0 Å². The van der Waals surface area contributed by atoms with Crippen molar-refractivity contribution in [3.63, 3.8) is 0 Å². The predicted octanol–water partition coefficient (Wildman–Crippen LogP) is 1.05. The Morgan fingerprint density at radius 3 is 2.57 bits per heavy atom. The number of hydrogen-bond acceptors (Lipinski definition) is 8. The Balaban J connectivity index is 2.19. The molecule has 8 nitrogen and oxygen atoms in total. The smallest absolute Gasteiger partial charge is 0.229 e. The van der Waals surface area contributed by atoms with E-state index < -0.39 is 0 Å². The van der Waals surface area contributed by atoms with Crippen molar-refractivity contribution < 1.29 is 0 Å². The van der Waals surface area contributed by atoms with Gasteiger partial charge in [-0.1, -0.05) is 13.8 Å². The third-order valence-electron chi connectivity index (χ3n) is 2.69. The van der Waals surface area contributed by atoms with Crippen LogP contribution in [-0.2, 0) is 6.54 Å². The van der Waals surface area contributed by atoms with Crippen molar-refractivity contribution in [1.29, 1.82) is 0 Å². The summed E-state index contributed by atoms with van der Waals surface area (Å²) in [5, 5.41) is 3.11. The maximum absolute atomic E-state index is 5.63. The van der Waals surface area contributed by atoms with Gasteiger partial charge in [-0.05, 0) is 6.07 Å². The minimum atomic E-state index is 0.218. The zero-order valence-electron chi connectivity index (χ0n) is 12.7. The Hall–Kier alpha value is -2.51. The Bertz CT molecular complexity index is 585. The first-order chi connectivity index (χ1) is 9.95. The number of nitrogens with zero attached hydrogens (tertiary/aromatic N) is 6. The second-order valence-corrected chi connectivity index (χ2v) is 5.12. The summed E-state index contributed by atoms with van der Waals surface area (Å²) in [4.78, 5) is 23.3. The highest BCUT2D eigenvalue weighted by Gasteiger charge is 2.11. The van der Waals surface area contributed by atoms with Gasteiger partial charge in [0.2, 0.25) is 11.9 Å². The number of nitrogens with two attached hydrogens (primary N) is 1. The van der Waals surface area contributed by atoms with Crippen LogP contribution in [0, 0.1) is 0 Å². The summed E-state index contributed by atoms with van der Waals surface area (Å²) in [5.41, 5.74) is 5.63. The fourth-order valence-electron chi connectivity index (χ4n) is 1.58. The van der Waals surface area contributed by atoms with Gasteiger partial charge in [-0.3, -0.25) is 0 Å². The number of nitrogen functional groups attached to an aromatic ring is 1. The molecule has 0 amide bonds. The molecule has 2 heterocycles. The van der Waals surface area contributed by atoms with E-state index in [1.807, 2.05) is 32.8 Å². The lowest BCUT2D eigenvalue weighted by Crippen LogP contribution is -2.17. The predicted molar refractivity (Wildman–Crippen MR) is 82.0 cm³/mol. The fourth-order valence-corrected chi connectivity index (χ4v) is 1.58. The zero-order chi connectivity index (χ0) is 15.4. The summed E-state index contributed by atoms with van der Waals surface area (Å²) in [6.45, 7) is 4.48. The average Bonchev–Trinajstić information content (AvgIpc) is 2.45. The molecule has 0 saturated heterocycles. The standard InChI is InChI=1S/C13H20N8/c1-8(2)11-18-12(20-13(19-11)21(3)4)16-7-10-15-6-5-9(14)17-10/h5-6,8H,7H2,1-4H3,(H2,14,15,17)(H,16,18,19,20). The average molecular weight is 288 g/mol. The van der Waals surface area contributed by atoms with Crippen LogP contribution in [0.2, 0.25) is 0 Å². The molecule has 8 heteroatoms.